The van der Waals surface area contributed by atoms with Crippen LogP contribution in [0.4, 0.5) is 0 Å². The van der Waals surface area contributed by atoms with Crippen molar-refractivity contribution in [3.8, 4) is 10.8 Å². The molecule has 1 aromatic carbocycles. The number of benzene rings is 1. The molecule has 0 atom stereocenters. The van der Waals surface area contributed by atoms with Crippen molar-refractivity contribution in [3.05, 3.63) is 58.8 Å². The molecular weight excluding hydrogens is 372 g/mol. The molecule has 3 rings (SSSR count). The standard InChI is InChI=1S/C18H18N2O4S2/c1-12(21)14-6-8-15(9-7-14)26(22,23)20(3)11-16-13(2)24-18(19-16)17-5-4-10-25-17/h4-10H,11H2,1-3H3. The average molecular weight is 390 g/mol. The molecule has 0 saturated carbocycles. The Balaban J connectivity index is 1.82. The molecule has 0 aliphatic heterocycles. The second-order valence-corrected chi connectivity index (χ2v) is 8.83. The van der Waals surface area contributed by atoms with Crippen molar-refractivity contribution in [3.63, 3.8) is 0 Å². The molecule has 2 heterocycles. The first kappa shape index (κ1) is 18.5. The molecule has 136 valence electrons. The minimum Gasteiger partial charge on any atom is -0.440 e. The number of hydrogen-bond donors (Lipinski definition) is 0. The smallest absolute Gasteiger partial charge is 0.243 e. The van der Waals surface area contributed by atoms with Gasteiger partial charge >= 0.3 is 0 Å². The third-order valence-corrected chi connectivity index (χ3v) is 6.64. The van der Waals surface area contributed by atoms with Crippen LogP contribution in [0, 0.1) is 6.92 Å². The second kappa shape index (κ2) is 7.14. The minimum atomic E-state index is -3.70. The monoisotopic (exact) mass is 390 g/mol. The number of hydrogen-bond acceptors (Lipinski definition) is 6. The van der Waals surface area contributed by atoms with Crippen molar-refractivity contribution in [2.75, 3.05) is 7.05 Å². The van der Waals surface area contributed by atoms with Crippen LogP contribution in [0.3, 0.4) is 0 Å². The summed E-state index contributed by atoms with van der Waals surface area (Å²) in [5.41, 5.74) is 1.04. The van der Waals surface area contributed by atoms with Gasteiger partial charge in [-0.15, -0.1) is 11.3 Å². The van der Waals surface area contributed by atoms with Gasteiger partial charge in [-0.25, -0.2) is 13.4 Å². The molecule has 2 aromatic heterocycles. The van der Waals surface area contributed by atoms with Crippen LogP contribution in [0.1, 0.15) is 28.7 Å². The number of carbonyl (C=O) groups is 1. The summed E-state index contributed by atoms with van der Waals surface area (Å²) in [4.78, 5) is 16.8. The summed E-state index contributed by atoms with van der Waals surface area (Å²) in [5.74, 6) is 0.966. The first-order valence-corrected chi connectivity index (χ1v) is 10.2. The number of sulfonamides is 1. The van der Waals surface area contributed by atoms with Gasteiger partial charge in [-0.05, 0) is 37.4 Å². The molecule has 0 bridgehead atoms. The van der Waals surface area contributed by atoms with E-state index in [9.17, 15) is 13.2 Å². The van der Waals surface area contributed by atoms with E-state index in [1.165, 1.54) is 53.9 Å². The van der Waals surface area contributed by atoms with E-state index in [-0.39, 0.29) is 17.2 Å². The highest BCUT2D eigenvalue weighted by Crippen LogP contribution is 2.27. The van der Waals surface area contributed by atoms with Crippen LogP contribution in [0.15, 0.2) is 51.1 Å². The molecule has 0 aliphatic carbocycles. The molecule has 26 heavy (non-hydrogen) atoms. The van der Waals surface area contributed by atoms with Crippen molar-refractivity contribution >= 4 is 27.1 Å². The van der Waals surface area contributed by atoms with Crippen molar-refractivity contribution in [1.29, 1.82) is 0 Å². The Morgan fingerprint density at radius 1 is 1.23 bits per heavy atom. The Labute approximate surface area is 156 Å². The van der Waals surface area contributed by atoms with Crippen LogP contribution in [-0.2, 0) is 16.6 Å². The van der Waals surface area contributed by atoms with Crippen molar-refractivity contribution in [2.24, 2.45) is 0 Å². The Morgan fingerprint density at radius 3 is 2.50 bits per heavy atom. The summed E-state index contributed by atoms with van der Waals surface area (Å²) in [6.45, 7) is 3.30. The van der Waals surface area contributed by atoms with E-state index in [4.69, 9.17) is 4.42 Å². The van der Waals surface area contributed by atoms with E-state index < -0.39 is 10.0 Å². The molecule has 0 N–H and O–H groups in total. The lowest BCUT2D eigenvalue weighted by Crippen LogP contribution is -2.27. The SMILES string of the molecule is CC(=O)c1ccc(S(=O)(=O)N(C)Cc2nc(-c3cccs3)oc2C)cc1. The van der Waals surface area contributed by atoms with Crippen LogP contribution in [0.5, 0.6) is 0 Å². The molecular formula is C18H18N2O4S2. The first-order valence-electron chi connectivity index (χ1n) is 7.86. The lowest BCUT2D eigenvalue weighted by Gasteiger charge is -2.16. The summed E-state index contributed by atoms with van der Waals surface area (Å²) in [7, 11) is -2.20. The van der Waals surface area contributed by atoms with Crippen LogP contribution in [-0.4, -0.2) is 30.5 Å². The number of Topliss-reactive ketones (excluding diaryl/α,β-unsaturated/α-hetero) is 1. The number of rotatable bonds is 6. The second-order valence-electron chi connectivity index (χ2n) is 5.84. The zero-order valence-corrected chi connectivity index (χ0v) is 16.2. The topological polar surface area (TPSA) is 80.5 Å². The maximum absolute atomic E-state index is 12.7. The summed E-state index contributed by atoms with van der Waals surface area (Å²) in [6, 6.07) is 9.71. The highest BCUT2D eigenvalue weighted by atomic mass is 32.2. The van der Waals surface area contributed by atoms with Gasteiger partial charge in [-0.1, -0.05) is 18.2 Å². The maximum Gasteiger partial charge on any atom is 0.243 e. The van der Waals surface area contributed by atoms with Crippen LogP contribution >= 0.6 is 11.3 Å². The van der Waals surface area contributed by atoms with E-state index in [2.05, 4.69) is 4.98 Å². The lowest BCUT2D eigenvalue weighted by molar-refractivity contribution is 0.101. The fraction of sp³-hybridized carbons (Fsp3) is 0.222. The van der Waals surface area contributed by atoms with Gasteiger partial charge in [0, 0.05) is 12.6 Å². The summed E-state index contributed by atoms with van der Waals surface area (Å²) in [5, 5.41) is 1.93. The summed E-state index contributed by atoms with van der Waals surface area (Å²) < 4.78 is 32.4. The van der Waals surface area contributed by atoms with Crippen molar-refractivity contribution in [2.45, 2.75) is 25.3 Å². The molecule has 0 spiro atoms. The average Bonchev–Trinajstić information content (AvgIpc) is 3.25. The lowest BCUT2D eigenvalue weighted by atomic mass is 10.2. The Bertz CT molecular complexity index is 1020. The fourth-order valence-corrected chi connectivity index (χ4v) is 4.20. The van der Waals surface area contributed by atoms with Gasteiger partial charge < -0.3 is 4.42 Å². The highest BCUT2D eigenvalue weighted by molar-refractivity contribution is 7.89. The molecule has 0 aliphatic rings. The number of carbonyl (C=O) groups excluding carboxylic acids is 1. The number of nitrogens with zero attached hydrogens (tertiary/aromatic N) is 2. The molecule has 0 saturated heterocycles. The van der Waals surface area contributed by atoms with Gasteiger partial charge in [0.05, 0.1) is 22.0 Å². The van der Waals surface area contributed by atoms with Gasteiger partial charge in [-0.3, -0.25) is 4.79 Å². The number of ketones is 1. The van der Waals surface area contributed by atoms with E-state index in [1.807, 2.05) is 17.5 Å². The predicted molar refractivity (Wildman–Crippen MR) is 99.7 cm³/mol. The van der Waals surface area contributed by atoms with Crippen molar-refractivity contribution < 1.29 is 17.6 Å². The first-order chi connectivity index (χ1) is 12.3. The minimum absolute atomic E-state index is 0.0947. The van der Waals surface area contributed by atoms with Gasteiger partial charge in [0.1, 0.15) is 5.76 Å². The summed E-state index contributed by atoms with van der Waals surface area (Å²) >= 11 is 1.51. The predicted octanol–water partition coefficient (Wildman–Crippen LogP) is 3.73. The maximum atomic E-state index is 12.7. The van der Waals surface area contributed by atoms with Crippen LogP contribution in [0.25, 0.3) is 10.8 Å². The van der Waals surface area contributed by atoms with E-state index >= 15 is 0 Å². The van der Waals surface area contributed by atoms with Crippen molar-refractivity contribution in [1.82, 2.24) is 9.29 Å². The molecule has 8 heteroatoms. The fourth-order valence-electron chi connectivity index (χ4n) is 2.42. The largest absolute Gasteiger partial charge is 0.440 e. The van der Waals surface area contributed by atoms with Gasteiger partial charge in [0.25, 0.3) is 0 Å². The normalized spacial score (nSPS) is 11.8. The zero-order chi connectivity index (χ0) is 18.9. The molecule has 3 aromatic rings. The van der Waals surface area contributed by atoms with E-state index in [0.717, 1.165) is 4.88 Å². The zero-order valence-electron chi connectivity index (χ0n) is 14.6. The Hall–Kier alpha value is -2.29. The highest BCUT2D eigenvalue weighted by Gasteiger charge is 2.24. The van der Waals surface area contributed by atoms with Gasteiger partial charge in [0.2, 0.25) is 15.9 Å². The molecule has 0 fully saturated rings. The number of oxazole rings is 1. The summed E-state index contributed by atoms with van der Waals surface area (Å²) in [6.07, 6.45) is 0. The third-order valence-electron chi connectivity index (χ3n) is 3.97. The van der Waals surface area contributed by atoms with E-state index in [1.54, 1.807) is 6.92 Å². The number of aromatic nitrogens is 1. The third kappa shape index (κ3) is 3.62. The quantitative estimate of drug-likeness (QED) is 0.599. The molecule has 0 unspecified atom stereocenters. The molecule has 0 radical (unpaired) electrons. The number of aryl methyl sites for hydroxylation is 1. The van der Waals surface area contributed by atoms with Crippen LogP contribution in [0.2, 0.25) is 0 Å². The molecule has 6 nitrogen and oxygen atoms in total. The Kier molecular flexibility index (Phi) is 5.08. The Morgan fingerprint density at radius 2 is 1.92 bits per heavy atom. The number of thiophene rings is 1. The molecule has 0 amide bonds. The van der Waals surface area contributed by atoms with E-state index in [0.29, 0.717) is 22.9 Å². The van der Waals surface area contributed by atoms with Gasteiger partial charge in [-0.2, -0.15) is 4.31 Å². The van der Waals surface area contributed by atoms with Gasteiger partial charge in [0.15, 0.2) is 5.78 Å². The van der Waals surface area contributed by atoms with Crippen LogP contribution < -0.4 is 0 Å².